The largest absolute Gasteiger partial charge is 0.0625 e. The Labute approximate surface area is 938 Å². The lowest BCUT2D eigenvalue weighted by Gasteiger charge is -2.48. The second-order valence-corrected chi connectivity index (χ2v) is 49.5. The average molecular weight is 2010 g/mol. The Morgan fingerprint density at radius 3 is 0.953 bits per heavy atom. The van der Waals surface area contributed by atoms with Gasteiger partial charge in [0.15, 0.2) is 0 Å². The third kappa shape index (κ3) is 29.0. The highest BCUT2D eigenvalue weighted by Gasteiger charge is 2.45. The monoisotopic (exact) mass is 2010 g/mol. The Morgan fingerprint density at radius 1 is 0.267 bits per heavy atom. The van der Waals surface area contributed by atoms with Crippen LogP contribution in [-0.4, -0.2) is 0 Å². The molecule has 150 heavy (non-hydrogen) atoms. The Morgan fingerprint density at radius 2 is 0.580 bits per heavy atom. The molecule has 18 rings (SSSR count). The van der Waals surface area contributed by atoms with E-state index in [1.807, 2.05) is 65.0 Å². The van der Waals surface area contributed by atoms with Gasteiger partial charge in [0.05, 0.1) is 0 Å². The van der Waals surface area contributed by atoms with E-state index >= 15 is 0 Å². The summed E-state index contributed by atoms with van der Waals surface area (Å²) in [4.78, 5) is 0. The van der Waals surface area contributed by atoms with E-state index in [9.17, 15) is 0 Å². The molecule has 0 heteroatoms. The normalized spacial score (nSPS) is 17.8. The molecule has 0 heterocycles. The number of aryl methyl sites for hydroxylation is 9. The van der Waals surface area contributed by atoms with Gasteiger partial charge in [-0.2, -0.15) is 0 Å². The van der Waals surface area contributed by atoms with Gasteiger partial charge in [0.1, 0.15) is 0 Å². The van der Waals surface area contributed by atoms with Gasteiger partial charge in [-0.05, 0) is 462 Å². The van der Waals surface area contributed by atoms with Crippen LogP contribution in [0.5, 0.6) is 0 Å². The molecular weight excluding hydrogens is 1800 g/mol. The van der Waals surface area contributed by atoms with Crippen molar-refractivity contribution in [2.45, 2.75) is 409 Å². The van der Waals surface area contributed by atoms with Gasteiger partial charge < -0.3 is 0 Å². The van der Waals surface area contributed by atoms with E-state index in [0.29, 0.717) is 86.9 Å². The average Bonchev–Trinajstić information content (AvgIpc) is 1.42. The van der Waals surface area contributed by atoms with Gasteiger partial charge in [0.2, 0.25) is 0 Å². The first-order chi connectivity index (χ1) is 77.4. The summed E-state index contributed by atoms with van der Waals surface area (Å²) < 4.78 is 140. The van der Waals surface area contributed by atoms with Crippen LogP contribution >= 0.6 is 0 Å². The van der Waals surface area contributed by atoms with E-state index in [4.69, 9.17) is 23.3 Å². The van der Waals surface area contributed by atoms with Crippen LogP contribution in [0, 0.1) is 98.0 Å². The van der Waals surface area contributed by atoms with E-state index in [1.54, 1.807) is 154 Å². The van der Waals surface area contributed by atoms with Gasteiger partial charge in [0, 0.05) is 23.3 Å². The summed E-state index contributed by atoms with van der Waals surface area (Å²) >= 11 is 0. The third-order valence-electron chi connectivity index (χ3n) is 33.8. The molecule has 0 amide bonds. The molecule has 0 radical (unpaired) electrons. The lowest BCUT2D eigenvalue weighted by atomic mass is 9.57. The molecular formula is C150H192. The van der Waals surface area contributed by atoms with E-state index < -0.39 is 56.9 Å². The van der Waals surface area contributed by atoms with E-state index in [2.05, 4.69) is 314 Å². The predicted molar refractivity (Wildman–Crippen MR) is 663 cm³/mol. The molecule has 0 atom stereocenters. The van der Waals surface area contributed by atoms with Gasteiger partial charge in [-0.25, -0.2) is 0 Å². The van der Waals surface area contributed by atoms with Crippen molar-refractivity contribution in [1.82, 2.24) is 0 Å². The maximum atomic E-state index is 9.00. The molecule has 4 saturated carbocycles. The second kappa shape index (κ2) is 50.8. The molecule has 792 valence electrons. The first-order valence-electron chi connectivity index (χ1n) is 65.1. The first-order valence-corrected chi connectivity index (χ1v) is 56.6. The van der Waals surface area contributed by atoms with Gasteiger partial charge in [0.25, 0.3) is 0 Å². The zero-order valence-corrected chi connectivity index (χ0v) is 97.7. The predicted octanol–water partition coefficient (Wildman–Crippen LogP) is 46.2. The lowest BCUT2D eigenvalue weighted by Crippen LogP contribution is -2.35. The van der Waals surface area contributed by atoms with Crippen LogP contribution in [0.15, 0.2) is 267 Å². The highest BCUT2D eigenvalue weighted by molar-refractivity contribution is 5.82. The SMILES string of the molecule is CC1CCC2(CC1)CCC1(CCCC1)CC2.Cc1c(C(C)C)cc(-c2ccc(-c3ccccc3)cc2)cc1C(C)C.Cc1ccc(-c2ccc(-c3c(C(C)C)cc(C(C)C)cc3C(C)C)cc2C)cc1C.[2H]C(C)(C)c1cc(-c2ccc(-c3ccccc3)cc2)cc(C([2H])(C)C)c1C.[2H]C([2H])([2H])c1cc(-c2ccc(-c3c(C([2H])(C)C)cc(C(C)(C)C)cc3C([2H])(C)C)cc2C([2H])([2H])[2H])ccc1C.[2H]C([2H])([2H])c1cc(-c2ccc(C3([2H])CCC(C)(C)CC3)cc2C([2H])([2H])[2H])ccc1C. The van der Waals surface area contributed by atoms with E-state index in [1.165, 1.54) is 131 Å². The minimum atomic E-state index is -2.48. The molecule has 14 aromatic carbocycles. The van der Waals surface area contributed by atoms with Crippen molar-refractivity contribution < 1.29 is 23.3 Å². The Bertz CT molecular complexity index is 7480. The lowest BCUT2D eigenvalue weighted by molar-refractivity contribution is 0.0378. The number of benzene rings is 14. The van der Waals surface area contributed by atoms with Crippen LogP contribution in [0.2, 0.25) is 0 Å². The van der Waals surface area contributed by atoms with Gasteiger partial charge >= 0.3 is 0 Å². The third-order valence-corrected chi connectivity index (χ3v) is 33.8. The maximum absolute atomic E-state index is 9.00. The van der Waals surface area contributed by atoms with Crippen molar-refractivity contribution in [3.05, 3.63) is 389 Å². The molecule has 14 aromatic rings. The van der Waals surface area contributed by atoms with Gasteiger partial charge in [-0.3, -0.25) is 0 Å². The quantitative estimate of drug-likeness (QED) is 0.0757. The summed E-state index contributed by atoms with van der Waals surface area (Å²) in [6.45, 7) is 56.1. The fourth-order valence-electron chi connectivity index (χ4n) is 23.4. The molecule has 4 aliphatic carbocycles. The molecule has 4 aliphatic rings. The van der Waals surface area contributed by atoms with Crippen molar-refractivity contribution in [2.24, 2.45) is 22.2 Å². The van der Waals surface area contributed by atoms with Crippen molar-refractivity contribution in [3.63, 3.8) is 0 Å². The zero-order chi connectivity index (χ0) is 123. The fraction of sp³-hybridized carbons (Fsp3) is 0.440. The van der Waals surface area contributed by atoms with E-state index in [0.717, 1.165) is 79.7 Å². The van der Waals surface area contributed by atoms with Crippen LogP contribution in [0.1, 0.15) is 474 Å². The summed E-state index contributed by atoms with van der Waals surface area (Å²) in [5, 5.41) is 0. The summed E-state index contributed by atoms with van der Waals surface area (Å²) in [6, 6.07) is 90.7. The molecule has 0 bridgehead atoms. The van der Waals surface area contributed by atoms with Gasteiger partial charge in [-0.15, -0.1) is 0 Å². The Balaban J connectivity index is 0.000000167. The van der Waals surface area contributed by atoms with Gasteiger partial charge in [-0.1, -0.05) is 459 Å². The molecule has 0 N–H and O–H groups in total. The van der Waals surface area contributed by atoms with Crippen LogP contribution in [-0.2, 0) is 5.41 Å². The standard InChI is InChI=1S/C31H40.C30H38.2C25H28.C23H30.C16H28/c1-19(2)28-17-26(31(8,9)10)18-29(20(3)4)30(28)25-13-14-27(23(7)16-25)24-12-11-21(5)22(6)15-24;1-18(2)26-16-28(19(3)4)30(29(17-26)20(5)6)25-12-13-27(23(9)15-25)24-11-10-21(7)22(8)14-24;2*1-17(2)24-15-23(16-25(18(3)4)19(24)5)22-13-11-21(12-14-22)20-9-7-6-8-10-20;1-16-6-7-21(14-17(16)2)22-9-8-20(15-18(22)3)19-10-12-23(4,5)13-11-19;1-14-4-8-16(9-5-14)12-10-15(11-13-16)6-2-3-7-15/h11-20H,1-10H3;10-20H,1-9H3;2*6-18H,1-5H3;6-9,14-15,19H,10-13H2,1-5H3;14H,2-13H2,1H3/i6D3,7D3,19D,20D;;17D,18D;;2D3,3D3,19D;. The highest BCUT2D eigenvalue weighted by atomic mass is 14.5. The highest BCUT2D eigenvalue weighted by Crippen LogP contribution is 2.59. The molecule has 0 unspecified atom stereocenters. The molecule has 0 aliphatic heterocycles. The summed E-state index contributed by atoms with van der Waals surface area (Å²) in [5.41, 5.74) is 41.3. The first kappa shape index (κ1) is 93.9. The summed E-state index contributed by atoms with van der Waals surface area (Å²) in [5.74, 6) is -0.578. The van der Waals surface area contributed by atoms with E-state index in [-0.39, 0.29) is 33.1 Å². The topological polar surface area (TPSA) is 0 Å². The zero-order valence-electron chi connectivity index (χ0n) is 115. The van der Waals surface area contributed by atoms with Crippen LogP contribution in [0.3, 0.4) is 0 Å². The number of hydrogen-bond acceptors (Lipinski definition) is 0. The Hall–Kier alpha value is -10.9. The molecule has 0 saturated heterocycles. The fourth-order valence-corrected chi connectivity index (χ4v) is 23.4. The molecule has 2 spiro atoms. The second-order valence-electron chi connectivity index (χ2n) is 49.5. The maximum Gasteiger partial charge on any atom is 0.0352 e. The minimum absolute atomic E-state index is 0.0997. The van der Waals surface area contributed by atoms with Crippen molar-refractivity contribution in [1.29, 1.82) is 0 Å². The van der Waals surface area contributed by atoms with Crippen LogP contribution in [0.4, 0.5) is 0 Å². The van der Waals surface area contributed by atoms with Crippen molar-refractivity contribution >= 4 is 0 Å². The minimum Gasteiger partial charge on any atom is -0.0625 e. The molecule has 0 aromatic heterocycles. The van der Waals surface area contributed by atoms with Crippen molar-refractivity contribution in [2.75, 3.05) is 0 Å². The smallest absolute Gasteiger partial charge is 0.0352 e. The summed E-state index contributed by atoms with van der Waals surface area (Å²) in [7, 11) is 0. The summed E-state index contributed by atoms with van der Waals surface area (Å²) in [6.07, 6.45) is 22.0. The van der Waals surface area contributed by atoms with Crippen LogP contribution in [0.25, 0.3) is 100 Å². The molecule has 4 fully saturated rings. The van der Waals surface area contributed by atoms with Crippen molar-refractivity contribution in [3.8, 4) is 100 Å². The Kier molecular flexibility index (Phi) is 31.8. The number of hydrogen-bond donors (Lipinski definition) is 0. The van der Waals surface area contributed by atoms with Crippen LogP contribution < -0.4 is 0 Å². The number of rotatable bonds is 19. The molecule has 0 nitrogen and oxygen atoms in total.